The summed E-state index contributed by atoms with van der Waals surface area (Å²) in [6.07, 6.45) is 0. The summed E-state index contributed by atoms with van der Waals surface area (Å²) in [5.41, 5.74) is 28.7. The fourth-order valence-corrected chi connectivity index (χ4v) is 18.7. The molecule has 486 valence electrons. The first kappa shape index (κ1) is 62.0. The van der Waals surface area contributed by atoms with Crippen LogP contribution in [0.2, 0.25) is 0 Å². The molecule has 0 saturated heterocycles. The van der Waals surface area contributed by atoms with E-state index in [0.717, 1.165) is 17.1 Å². The van der Waals surface area contributed by atoms with E-state index in [1.54, 1.807) is 0 Å². The summed E-state index contributed by atoms with van der Waals surface area (Å²) in [4.78, 5) is 5.55. The third-order valence-corrected chi connectivity index (χ3v) is 23.9. The fourth-order valence-electron chi connectivity index (χ4n) is 16.4. The van der Waals surface area contributed by atoms with Crippen LogP contribution >= 0.6 is 22.7 Å². The van der Waals surface area contributed by atoms with Crippen LogP contribution in [0.25, 0.3) is 112 Å². The molecule has 0 radical (unpaired) electrons. The lowest BCUT2D eigenvalue weighted by Gasteiger charge is -2.46. The molecule has 3 nitrogen and oxygen atoms in total. The summed E-state index contributed by atoms with van der Waals surface area (Å²) in [6.45, 7) is 27.9. The Morgan fingerprint density at radius 1 is 0.280 bits per heavy atom. The van der Waals surface area contributed by atoms with E-state index in [9.17, 15) is 0 Å². The zero-order valence-electron chi connectivity index (χ0n) is 59.1. The summed E-state index contributed by atoms with van der Waals surface area (Å²) in [6, 6.07) is 104. The molecule has 0 unspecified atom stereocenters. The van der Waals surface area contributed by atoms with Gasteiger partial charge in [0.2, 0.25) is 0 Å². The molecule has 2 aliphatic heterocycles. The molecular formula is C94H80BN3S2. The van der Waals surface area contributed by atoms with E-state index in [2.05, 4.69) is 364 Å². The van der Waals surface area contributed by atoms with Gasteiger partial charge in [0.1, 0.15) is 0 Å². The van der Waals surface area contributed by atoms with Gasteiger partial charge in [0.05, 0.1) is 32.8 Å². The van der Waals surface area contributed by atoms with Crippen LogP contribution in [0.15, 0.2) is 267 Å². The molecule has 18 rings (SSSR count). The molecular weight excluding hydrogens is 1250 g/mol. The maximum atomic E-state index is 2.78. The van der Waals surface area contributed by atoms with Crippen molar-refractivity contribution in [1.82, 2.24) is 4.57 Å². The molecule has 0 fully saturated rings. The van der Waals surface area contributed by atoms with Crippen LogP contribution in [0.3, 0.4) is 0 Å². The van der Waals surface area contributed by atoms with Crippen molar-refractivity contribution in [2.75, 3.05) is 9.80 Å². The van der Waals surface area contributed by atoms with Crippen LogP contribution < -0.4 is 26.2 Å². The second-order valence-corrected chi connectivity index (χ2v) is 34.2. The Kier molecular flexibility index (Phi) is 14.1. The standard InChI is InChI=1S/C94H80BN3S2/c1-91(2,3)61-31-21-27-57(49-61)66-39-25-40-67(58-28-22-32-62(50-58)92(4,5)6)87(66)97-81-54-74-72-37-15-19-45-83(72)99-85(74)56-77(81)95-76-53-65(96-78-43-17-13-35-70(78)71-36-14-18-44-79(71)96)47-48-80(76)98(89-86(95)82(97)55-75-73-38-16-20-46-84(73)100-90(75)89)88-68(59-29-23-33-63(51-59)93(7,8)9)41-26-42-69(88)60-30-24-34-64(52-60)94(10,11)12/h13-56H,1-12H3. The van der Waals surface area contributed by atoms with Gasteiger partial charge in [0, 0.05) is 91.4 Å². The summed E-state index contributed by atoms with van der Waals surface area (Å²) in [5, 5.41) is 7.53. The van der Waals surface area contributed by atoms with Gasteiger partial charge < -0.3 is 14.4 Å². The molecule has 0 spiro atoms. The van der Waals surface area contributed by atoms with Gasteiger partial charge in [0.15, 0.2) is 0 Å². The van der Waals surface area contributed by atoms with Crippen LogP contribution in [0.1, 0.15) is 105 Å². The molecule has 16 aromatic rings. The largest absolute Gasteiger partial charge is 0.310 e. The topological polar surface area (TPSA) is 11.4 Å². The van der Waals surface area contributed by atoms with Crippen LogP contribution in [-0.2, 0) is 21.7 Å². The van der Waals surface area contributed by atoms with Crippen LogP contribution in [-0.4, -0.2) is 11.3 Å². The lowest BCUT2D eigenvalue weighted by atomic mass is 9.33. The smallest absolute Gasteiger partial charge is 0.252 e. The Morgan fingerprint density at radius 2 is 0.680 bits per heavy atom. The number of nitrogens with zero attached hydrogens (tertiary/aromatic N) is 3. The van der Waals surface area contributed by atoms with E-state index in [-0.39, 0.29) is 28.4 Å². The minimum absolute atomic E-state index is 0.0955. The quantitative estimate of drug-likeness (QED) is 0.147. The molecule has 0 saturated carbocycles. The second-order valence-electron chi connectivity index (χ2n) is 32.1. The maximum absolute atomic E-state index is 2.78. The number of rotatable bonds is 7. The molecule has 6 heteroatoms. The first-order chi connectivity index (χ1) is 48.1. The van der Waals surface area contributed by atoms with E-state index in [1.807, 2.05) is 22.7 Å². The minimum Gasteiger partial charge on any atom is -0.310 e. The first-order valence-electron chi connectivity index (χ1n) is 35.5. The van der Waals surface area contributed by atoms with Crippen molar-refractivity contribution in [2.45, 2.75) is 105 Å². The van der Waals surface area contributed by atoms with Gasteiger partial charge in [0.25, 0.3) is 6.71 Å². The minimum atomic E-state index is -0.243. The number of anilines is 6. The summed E-state index contributed by atoms with van der Waals surface area (Å²) in [7, 11) is 0. The van der Waals surface area contributed by atoms with E-state index in [0.29, 0.717) is 0 Å². The number of hydrogen-bond acceptors (Lipinski definition) is 4. The van der Waals surface area contributed by atoms with Gasteiger partial charge >= 0.3 is 0 Å². The number of thiophene rings is 2. The lowest BCUT2D eigenvalue weighted by molar-refractivity contribution is 0.590. The zero-order valence-corrected chi connectivity index (χ0v) is 60.8. The van der Waals surface area contributed by atoms with Crippen molar-refractivity contribution in [3.63, 3.8) is 0 Å². The van der Waals surface area contributed by atoms with Crippen molar-refractivity contribution in [1.29, 1.82) is 0 Å². The zero-order chi connectivity index (χ0) is 68.5. The molecule has 0 atom stereocenters. The molecule has 13 aromatic carbocycles. The Morgan fingerprint density at radius 3 is 1.16 bits per heavy atom. The van der Waals surface area contributed by atoms with E-state index >= 15 is 0 Å². The van der Waals surface area contributed by atoms with Crippen molar-refractivity contribution >= 4 is 142 Å². The Hall–Kier alpha value is -10.2. The van der Waals surface area contributed by atoms with Crippen molar-refractivity contribution < 1.29 is 0 Å². The van der Waals surface area contributed by atoms with Crippen LogP contribution in [0.5, 0.6) is 0 Å². The molecule has 3 aromatic heterocycles. The van der Waals surface area contributed by atoms with Gasteiger partial charge in [-0.15, -0.1) is 22.7 Å². The highest BCUT2D eigenvalue weighted by Gasteiger charge is 2.47. The van der Waals surface area contributed by atoms with Crippen LogP contribution in [0, 0.1) is 0 Å². The number of para-hydroxylation sites is 4. The highest BCUT2D eigenvalue weighted by molar-refractivity contribution is 7.27. The average molecular weight is 1330 g/mol. The lowest BCUT2D eigenvalue weighted by Crippen LogP contribution is -2.61. The van der Waals surface area contributed by atoms with Gasteiger partial charge in [-0.05, 0) is 143 Å². The molecule has 100 heavy (non-hydrogen) atoms. The number of benzene rings is 13. The SMILES string of the molecule is CC(C)(C)c1cccc(-c2cccc(-c3cccc(C(C)(C)C)c3)c2N2c3cc4c(cc3B3c5cc(-n6c7ccccc7c7ccccc76)ccc5N(c5c(-c6cccc(C(C)(C)C)c6)cccc5-c5cccc(C(C)(C)C)c5)c5c3c2cc2c5sc3ccccc32)sc2ccccc24)c1. The monoisotopic (exact) mass is 1330 g/mol. The Bertz CT molecular complexity index is 5860. The fraction of sp³-hybridized carbons (Fsp3) is 0.170. The molecule has 2 aliphatic rings. The van der Waals surface area contributed by atoms with Crippen molar-refractivity contribution in [3.8, 4) is 50.2 Å². The first-order valence-corrected chi connectivity index (χ1v) is 37.1. The van der Waals surface area contributed by atoms with E-state index in [1.165, 1.54) is 168 Å². The third-order valence-electron chi connectivity index (χ3n) is 21.6. The number of hydrogen-bond donors (Lipinski definition) is 0. The molecule has 5 heterocycles. The summed E-state index contributed by atoms with van der Waals surface area (Å²) < 4.78 is 7.63. The summed E-state index contributed by atoms with van der Waals surface area (Å²) in [5.74, 6) is 0. The molecule has 0 bridgehead atoms. The van der Waals surface area contributed by atoms with Gasteiger partial charge in [-0.25, -0.2) is 0 Å². The summed E-state index contributed by atoms with van der Waals surface area (Å²) >= 11 is 3.86. The molecule has 0 N–H and O–H groups in total. The van der Waals surface area contributed by atoms with Gasteiger partial charge in [-0.3, -0.25) is 0 Å². The molecule has 0 amide bonds. The Balaban J connectivity index is 1.06. The van der Waals surface area contributed by atoms with E-state index in [4.69, 9.17) is 0 Å². The second kappa shape index (κ2) is 22.6. The highest BCUT2D eigenvalue weighted by Crippen LogP contribution is 2.57. The van der Waals surface area contributed by atoms with E-state index < -0.39 is 0 Å². The van der Waals surface area contributed by atoms with Crippen LogP contribution in [0.4, 0.5) is 34.1 Å². The normalized spacial score (nSPS) is 13.3. The average Bonchev–Trinajstić information content (AvgIpc) is 1.09. The van der Waals surface area contributed by atoms with Gasteiger partial charge in [-0.1, -0.05) is 289 Å². The third kappa shape index (κ3) is 9.87. The van der Waals surface area contributed by atoms with Crippen molar-refractivity contribution in [2.24, 2.45) is 0 Å². The Labute approximate surface area is 596 Å². The van der Waals surface area contributed by atoms with Gasteiger partial charge in [-0.2, -0.15) is 0 Å². The number of fused-ring (bicyclic) bond motifs is 14. The van der Waals surface area contributed by atoms with Crippen molar-refractivity contribution in [3.05, 3.63) is 289 Å². The predicted octanol–water partition coefficient (Wildman–Crippen LogP) is 25.5. The molecule has 0 aliphatic carbocycles. The number of aromatic nitrogens is 1. The highest BCUT2D eigenvalue weighted by atomic mass is 32.1. The predicted molar refractivity (Wildman–Crippen MR) is 437 cm³/mol. The maximum Gasteiger partial charge on any atom is 0.252 e.